The van der Waals surface area contributed by atoms with Crippen molar-refractivity contribution >= 4 is 18.4 Å². The van der Waals surface area contributed by atoms with Gasteiger partial charge >= 0.3 is 5.97 Å². The van der Waals surface area contributed by atoms with Crippen molar-refractivity contribution in [2.45, 2.75) is 25.3 Å². The molecule has 1 aliphatic rings. The first kappa shape index (κ1) is 9.72. The van der Waals surface area contributed by atoms with Gasteiger partial charge in [0.1, 0.15) is 5.54 Å². The Morgan fingerprint density at radius 1 is 1.70 bits per heavy atom. The van der Waals surface area contributed by atoms with Gasteiger partial charge in [0.2, 0.25) is 0 Å². The van der Waals surface area contributed by atoms with Crippen LogP contribution in [0.1, 0.15) is 19.8 Å². The lowest BCUT2D eigenvalue weighted by Crippen LogP contribution is -2.57. The number of carbonyl (C=O) groups is 1. The summed E-state index contributed by atoms with van der Waals surface area (Å²) in [5, 5.41) is 8.49. The van der Waals surface area contributed by atoms with Crippen LogP contribution >= 0.6 is 12.4 Å². The monoisotopic (exact) mass is 165 g/mol. The van der Waals surface area contributed by atoms with Gasteiger partial charge in [-0.3, -0.25) is 4.79 Å². The summed E-state index contributed by atoms with van der Waals surface area (Å²) in [5.74, 6) is -0.369. The van der Waals surface area contributed by atoms with Crippen LogP contribution in [0.15, 0.2) is 0 Å². The molecule has 4 heteroatoms. The highest BCUT2D eigenvalue weighted by atomic mass is 35.5. The first-order valence-corrected chi connectivity index (χ1v) is 3.07. The highest BCUT2D eigenvalue weighted by Crippen LogP contribution is 2.35. The van der Waals surface area contributed by atoms with Crippen LogP contribution in [-0.2, 0) is 4.79 Å². The zero-order valence-corrected chi connectivity index (χ0v) is 6.65. The van der Waals surface area contributed by atoms with E-state index in [4.69, 9.17) is 10.8 Å². The molecule has 0 atom stereocenters. The van der Waals surface area contributed by atoms with E-state index in [1.807, 2.05) is 6.92 Å². The summed E-state index contributed by atoms with van der Waals surface area (Å²) in [6, 6.07) is 0. The van der Waals surface area contributed by atoms with E-state index in [-0.39, 0.29) is 12.4 Å². The smallest absolute Gasteiger partial charge is 0.323 e. The van der Waals surface area contributed by atoms with Gasteiger partial charge in [0.25, 0.3) is 0 Å². The molecule has 0 aliphatic heterocycles. The van der Waals surface area contributed by atoms with Gasteiger partial charge < -0.3 is 10.8 Å². The van der Waals surface area contributed by atoms with Crippen molar-refractivity contribution in [1.29, 1.82) is 0 Å². The van der Waals surface area contributed by atoms with Gasteiger partial charge in [-0.05, 0) is 18.8 Å². The van der Waals surface area contributed by atoms with Gasteiger partial charge in [0.05, 0.1) is 0 Å². The van der Waals surface area contributed by atoms with E-state index in [2.05, 4.69) is 0 Å². The maximum absolute atomic E-state index is 10.3. The molecular weight excluding hydrogens is 154 g/mol. The normalized spacial score (nSPS) is 37.6. The summed E-state index contributed by atoms with van der Waals surface area (Å²) >= 11 is 0. The van der Waals surface area contributed by atoms with E-state index in [1.54, 1.807) is 0 Å². The third kappa shape index (κ3) is 1.41. The van der Waals surface area contributed by atoms with Crippen molar-refractivity contribution in [3.05, 3.63) is 0 Å². The van der Waals surface area contributed by atoms with Crippen LogP contribution in [0.5, 0.6) is 0 Å². The summed E-state index contributed by atoms with van der Waals surface area (Å²) < 4.78 is 0. The zero-order chi connectivity index (χ0) is 7.07. The van der Waals surface area contributed by atoms with E-state index in [9.17, 15) is 4.79 Å². The van der Waals surface area contributed by atoms with E-state index in [0.29, 0.717) is 18.8 Å². The van der Waals surface area contributed by atoms with Gasteiger partial charge in [-0.1, -0.05) is 6.92 Å². The Kier molecular flexibility index (Phi) is 2.68. The fraction of sp³-hybridized carbons (Fsp3) is 0.833. The van der Waals surface area contributed by atoms with Crippen molar-refractivity contribution in [1.82, 2.24) is 0 Å². The van der Waals surface area contributed by atoms with Crippen LogP contribution in [-0.4, -0.2) is 16.6 Å². The van der Waals surface area contributed by atoms with Gasteiger partial charge in [-0.25, -0.2) is 0 Å². The Bertz CT molecular complexity index is 143. The van der Waals surface area contributed by atoms with Crippen LogP contribution in [0.3, 0.4) is 0 Å². The SMILES string of the molecule is CC1CC(N)(C(=O)O)C1.Cl. The molecule has 3 N–H and O–H groups in total. The van der Waals surface area contributed by atoms with Crippen molar-refractivity contribution in [3.8, 4) is 0 Å². The van der Waals surface area contributed by atoms with Crippen molar-refractivity contribution in [3.63, 3.8) is 0 Å². The topological polar surface area (TPSA) is 63.3 Å². The van der Waals surface area contributed by atoms with Gasteiger partial charge in [0.15, 0.2) is 0 Å². The van der Waals surface area contributed by atoms with Crippen LogP contribution in [0, 0.1) is 5.92 Å². The van der Waals surface area contributed by atoms with Crippen molar-refractivity contribution in [2.24, 2.45) is 11.7 Å². The predicted molar refractivity (Wildman–Crippen MR) is 40.2 cm³/mol. The zero-order valence-electron chi connectivity index (χ0n) is 5.83. The molecule has 0 unspecified atom stereocenters. The summed E-state index contributed by atoms with van der Waals surface area (Å²) in [5.41, 5.74) is 4.55. The molecule has 1 rings (SSSR count). The molecule has 3 nitrogen and oxygen atoms in total. The van der Waals surface area contributed by atoms with Crippen molar-refractivity contribution < 1.29 is 9.90 Å². The molecule has 0 aromatic carbocycles. The third-order valence-electron chi connectivity index (χ3n) is 1.85. The molecule has 10 heavy (non-hydrogen) atoms. The quantitative estimate of drug-likeness (QED) is 0.599. The predicted octanol–water partition coefficient (Wildman–Crippen LogP) is 0.620. The molecular formula is C6H12ClNO2. The Morgan fingerprint density at radius 2 is 2.10 bits per heavy atom. The van der Waals surface area contributed by atoms with Crippen LogP contribution in [0.25, 0.3) is 0 Å². The maximum Gasteiger partial charge on any atom is 0.323 e. The second kappa shape index (κ2) is 2.76. The van der Waals surface area contributed by atoms with Crippen LogP contribution in [0.4, 0.5) is 0 Å². The Hall–Kier alpha value is -0.280. The molecule has 0 radical (unpaired) electrons. The van der Waals surface area contributed by atoms with E-state index in [1.165, 1.54) is 0 Å². The first-order chi connectivity index (χ1) is 4.04. The lowest BCUT2D eigenvalue weighted by molar-refractivity contribution is -0.148. The standard InChI is InChI=1S/C6H11NO2.ClH/c1-4-2-6(7,3-4)5(8)9;/h4H,2-3,7H2,1H3,(H,8,9);1H. The van der Waals surface area contributed by atoms with Crippen molar-refractivity contribution in [2.75, 3.05) is 0 Å². The third-order valence-corrected chi connectivity index (χ3v) is 1.85. The largest absolute Gasteiger partial charge is 0.480 e. The Labute approximate surface area is 66.0 Å². The average Bonchev–Trinajstić information content (AvgIpc) is 1.62. The van der Waals surface area contributed by atoms with E-state index < -0.39 is 11.5 Å². The lowest BCUT2D eigenvalue weighted by atomic mass is 9.70. The maximum atomic E-state index is 10.3. The van der Waals surface area contributed by atoms with Gasteiger partial charge in [-0.15, -0.1) is 12.4 Å². The van der Waals surface area contributed by atoms with E-state index >= 15 is 0 Å². The molecule has 0 spiro atoms. The van der Waals surface area contributed by atoms with Crippen LogP contribution in [0.2, 0.25) is 0 Å². The number of hydrogen-bond donors (Lipinski definition) is 2. The summed E-state index contributed by atoms with van der Waals surface area (Å²) in [7, 11) is 0. The molecule has 0 saturated heterocycles. The molecule has 1 fully saturated rings. The molecule has 0 aromatic heterocycles. The number of carboxylic acids is 1. The second-order valence-corrected chi connectivity index (χ2v) is 2.97. The molecule has 60 valence electrons. The average molecular weight is 166 g/mol. The molecule has 0 bridgehead atoms. The highest BCUT2D eigenvalue weighted by molar-refractivity contribution is 5.85. The number of carboxylic acid groups (broad SMARTS) is 1. The number of rotatable bonds is 1. The molecule has 0 heterocycles. The molecule has 0 amide bonds. The fourth-order valence-electron chi connectivity index (χ4n) is 1.36. The van der Waals surface area contributed by atoms with Gasteiger partial charge in [-0.2, -0.15) is 0 Å². The number of nitrogens with two attached hydrogens (primary N) is 1. The van der Waals surface area contributed by atoms with Crippen LogP contribution < -0.4 is 5.73 Å². The fourth-order valence-corrected chi connectivity index (χ4v) is 1.36. The van der Waals surface area contributed by atoms with Gasteiger partial charge in [0, 0.05) is 0 Å². The highest BCUT2D eigenvalue weighted by Gasteiger charge is 2.44. The minimum atomic E-state index is -0.889. The number of halogens is 1. The molecule has 1 saturated carbocycles. The van der Waals surface area contributed by atoms with E-state index in [0.717, 1.165) is 0 Å². The minimum absolute atomic E-state index is 0. The minimum Gasteiger partial charge on any atom is -0.480 e. The Balaban J connectivity index is 0.000000810. The number of hydrogen-bond acceptors (Lipinski definition) is 2. The second-order valence-electron chi connectivity index (χ2n) is 2.97. The molecule has 0 aromatic rings. The summed E-state index contributed by atoms with van der Waals surface area (Å²) in [4.78, 5) is 10.3. The number of aliphatic carboxylic acids is 1. The summed E-state index contributed by atoms with van der Waals surface area (Å²) in [6.07, 6.45) is 1.25. The first-order valence-electron chi connectivity index (χ1n) is 3.07. The molecule has 1 aliphatic carbocycles. The lowest BCUT2D eigenvalue weighted by Gasteiger charge is -2.39. The summed E-state index contributed by atoms with van der Waals surface area (Å²) in [6.45, 7) is 2.01. The Morgan fingerprint density at radius 3 is 2.20 bits per heavy atom.